The third kappa shape index (κ3) is 4.80. The summed E-state index contributed by atoms with van der Waals surface area (Å²) >= 11 is 13.5. The SMILES string of the molecule is C[NH+](CC(=O)Nc1cc(Cl)cc(Cl)c1)Cc1cccs1. The van der Waals surface area contributed by atoms with Crippen LogP contribution in [0.2, 0.25) is 10.0 Å². The number of halogens is 2. The van der Waals surface area contributed by atoms with Crippen molar-refractivity contribution in [1.29, 1.82) is 0 Å². The maximum atomic E-state index is 12.0. The van der Waals surface area contributed by atoms with Gasteiger partial charge >= 0.3 is 0 Å². The summed E-state index contributed by atoms with van der Waals surface area (Å²) in [5.74, 6) is -0.0580. The number of amides is 1. The van der Waals surface area contributed by atoms with Gasteiger partial charge in [-0.1, -0.05) is 29.3 Å². The number of likely N-dealkylation sites (N-methyl/N-ethyl adjacent to an activating group) is 1. The van der Waals surface area contributed by atoms with E-state index in [2.05, 4.69) is 11.4 Å². The number of carbonyl (C=O) groups is 1. The van der Waals surface area contributed by atoms with Crippen LogP contribution in [-0.4, -0.2) is 19.5 Å². The molecule has 0 spiro atoms. The molecular formula is C14H15Cl2N2OS+. The van der Waals surface area contributed by atoms with Crippen LogP contribution in [0.1, 0.15) is 4.88 Å². The van der Waals surface area contributed by atoms with E-state index in [4.69, 9.17) is 23.2 Å². The first-order chi connectivity index (χ1) is 9.52. The molecule has 0 aliphatic heterocycles. The number of hydrogen-bond donors (Lipinski definition) is 2. The number of carbonyl (C=O) groups excluding carboxylic acids is 1. The summed E-state index contributed by atoms with van der Waals surface area (Å²) in [6, 6.07) is 9.08. The molecule has 106 valence electrons. The van der Waals surface area contributed by atoms with Crippen LogP contribution in [0.4, 0.5) is 5.69 Å². The second kappa shape index (κ2) is 7.09. The fraction of sp³-hybridized carbons (Fsp3) is 0.214. The Morgan fingerprint density at radius 2 is 2.00 bits per heavy atom. The van der Waals surface area contributed by atoms with Gasteiger partial charge in [-0.25, -0.2) is 0 Å². The molecule has 6 heteroatoms. The maximum Gasteiger partial charge on any atom is 0.279 e. The fourth-order valence-corrected chi connectivity index (χ4v) is 3.22. The highest BCUT2D eigenvalue weighted by Crippen LogP contribution is 2.22. The second-order valence-electron chi connectivity index (χ2n) is 4.60. The predicted octanol–water partition coefficient (Wildman–Crippen LogP) is 2.71. The zero-order chi connectivity index (χ0) is 14.5. The average molecular weight is 330 g/mol. The summed E-state index contributed by atoms with van der Waals surface area (Å²) < 4.78 is 0. The molecule has 0 saturated carbocycles. The van der Waals surface area contributed by atoms with Gasteiger partial charge < -0.3 is 10.2 Å². The quantitative estimate of drug-likeness (QED) is 0.868. The third-order valence-corrected chi connectivity index (χ3v) is 3.98. The first-order valence-corrected chi connectivity index (χ1v) is 7.76. The third-order valence-electron chi connectivity index (χ3n) is 2.66. The molecule has 0 aliphatic carbocycles. The van der Waals surface area contributed by atoms with E-state index in [1.165, 1.54) is 4.88 Å². The van der Waals surface area contributed by atoms with Gasteiger partial charge in [0, 0.05) is 15.7 Å². The van der Waals surface area contributed by atoms with Crippen LogP contribution in [0, 0.1) is 0 Å². The van der Waals surface area contributed by atoms with Crippen LogP contribution < -0.4 is 10.2 Å². The summed E-state index contributed by atoms with van der Waals surface area (Å²) in [4.78, 5) is 14.3. The number of quaternary nitrogens is 1. The Hall–Kier alpha value is -1.07. The van der Waals surface area contributed by atoms with Crippen LogP contribution in [0.3, 0.4) is 0 Å². The maximum absolute atomic E-state index is 12.0. The van der Waals surface area contributed by atoms with Gasteiger partial charge in [-0.15, -0.1) is 11.3 Å². The Morgan fingerprint density at radius 3 is 2.60 bits per heavy atom. The number of hydrogen-bond acceptors (Lipinski definition) is 2. The van der Waals surface area contributed by atoms with E-state index in [0.717, 1.165) is 11.4 Å². The number of rotatable bonds is 5. The van der Waals surface area contributed by atoms with Crippen LogP contribution in [-0.2, 0) is 11.3 Å². The Balaban J connectivity index is 1.88. The highest BCUT2D eigenvalue weighted by atomic mass is 35.5. The second-order valence-corrected chi connectivity index (χ2v) is 6.50. The topological polar surface area (TPSA) is 33.5 Å². The molecule has 1 heterocycles. The van der Waals surface area contributed by atoms with E-state index in [-0.39, 0.29) is 5.91 Å². The minimum Gasteiger partial charge on any atom is -0.325 e. The highest BCUT2D eigenvalue weighted by Gasteiger charge is 2.11. The molecule has 20 heavy (non-hydrogen) atoms. The molecule has 0 fully saturated rings. The molecule has 2 rings (SSSR count). The molecule has 0 bridgehead atoms. The largest absolute Gasteiger partial charge is 0.325 e. The first kappa shape index (κ1) is 15.3. The van der Waals surface area contributed by atoms with Crippen LogP contribution in [0.15, 0.2) is 35.7 Å². The van der Waals surface area contributed by atoms with Gasteiger partial charge in [0.15, 0.2) is 6.54 Å². The minimum atomic E-state index is -0.0580. The van der Waals surface area contributed by atoms with Gasteiger partial charge in [-0.2, -0.15) is 0 Å². The smallest absolute Gasteiger partial charge is 0.279 e. The Kier molecular flexibility index (Phi) is 5.43. The molecule has 1 unspecified atom stereocenters. The summed E-state index contributed by atoms with van der Waals surface area (Å²) in [5.41, 5.74) is 0.622. The van der Waals surface area contributed by atoms with E-state index in [0.29, 0.717) is 22.3 Å². The van der Waals surface area contributed by atoms with Crippen LogP contribution >= 0.6 is 34.5 Å². The minimum absolute atomic E-state index is 0.0580. The van der Waals surface area contributed by atoms with Crippen molar-refractivity contribution in [2.75, 3.05) is 18.9 Å². The summed E-state index contributed by atoms with van der Waals surface area (Å²) in [5, 5.41) is 5.86. The van der Waals surface area contributed by atoms with E-state index in [1.807, 2.05) is 18.5 Å². The van der Waals surface area contributed by atoms with Crippen molar-refractivity contribution >= 4 is 46.1 Å². The van der Waals surface area contributed by atoms with E-state index in [1.54, 1.807) is 29.5 Å². The molecule has 2 aromatic rings. The molecule has 1 atom stereocenters. The van der Waals surface area contributed by atoms with Crippen molar-refractivity contribution in [2.45, 2.75) is 6.54 Å². The van der Waals surface area contributed by atoms with Gasteiger partial charge in [-0.05, 0) is 29.6 Å². The zero-order valence-electron chi connectivity index (χ0n) is 11.0. The fourth-order valence-electron chi connectivity index (χ4n) is 1.88. The Labute approximate surface area is 132 Å². The van der Waals surface area contributed by atoms with Gasteiger partial charge in [-0.3, -0.25) is 4.79 Å². The number of nitrogens with one attached hydrogen (secondary N) is 2. The first-order valence-electron chi connectivity index (χ1n) is 6.12. The van der Waals surface area contributed by atoms with Gasteiger partial charge in [0.05, 0.1) is 11.9 Å². The molecule has 1 aromatic carbocycles. The van der Waals surface area contributed by atoms with E-state index in [9.17, 15) is 4.79 Å². The Bertz CT molecular complexity index is 567. The lowest BCUT2D eigenvalue weighted by Gasteiger charge is -2.13. The normalized spacial score (nSPS) is 12.2. The van der Waals surface area contributed by atoms with Crippen LogP contribution in [0.25, 0.3) is 0 Å². The zero-order valence-corrected chi connectivity index (χ0v) is 13.3. The van der Waals surface area contributed by atoms with Crippen LogP contribution in [0.5, 0.6) is 0 Å². The molecule has 3 nitrogen and oxygen atoms in total. The van der Waals surface area contributed by atoms with Crippen molar-refractivity contribution in [2.24, 2.45) is 0 Å². The lowest BCUT2D eigenvalue weighted by Crippen LogP contribution is -3.08. The highest BCUT2D eigenvalue weighted by molar-refractivity contribution is 7.09. The summed E-state index contributed by atoms with van der Waals surface area (Å²) in [6.45, 7) is 1.23. The number of anilines is 1. The number of thiophene rings is 1. The molecule has 0 saturated heterocycles. The lowest BCUT2D eigenvalue weighted by molar-refractivity contribution is -0.884. The number of benzene rings is 1. The molecule has 2 N–H and O–H groups in total. The summed E-state index contributed by atoms with van der Waals surface area (Å²) in [6.07, 6.45) is 0. The van der Waals surface area contributed by atoms with Gasteiger partial charge in [0.2, 0.25) is 0 Å². The standard InChI is InChI=1S/C14H14Cl2N2OS/c1-18(8-13-3-2-4-20-13)9-14(19)17-12-6-10(15)5-11(16)7-12/h2-7H,8-9H2,1H3,(H,17,19)/p+1. The molecule has 0 aliphatic rings. The monoisotopic (exact) mass is 329 g/mol. The summed E-state index contributed by atoms with van der Waals surface area (Å²) in [7, 11) is 1.99. The molecule has 1 aromatic heterocycles. The van der Waals surface area contributed by atoms with Gasteiger partial charge in [0.1, 0.15) is 6.54 Å². The van der Waals surface area contributed by atoms with Gasteiger partial charge in [0.25, 0.3) is 5.91 Å². The van der Waals surface area contributed by atoms with Crippen molar-refractivity contribution in [1.82, 2.24) is 0 Å². The van der Waals surface area contributed by atoms with Crippen molar-refractivity contribution < 1.29 is 9.69 Å². The van der Waals surface area contributed by atoms with Crippen molar-refractivity contribution in [3.63, 3.8) is 0 Å². The van der Waals surface area contributed by atoms with E-state index >= 15 is 0 Å². The van der Waals surface area contributed by atoms with Crippen molar-refractivity contribution in [3.05, 3.63) is 50.6 Å². The molecule has 0 radical (unpaired) electrons. The molecule has 1 amide bonds. The molecular weight excluding hydrogens is 315 g/mol. The predicted molar refractivity (Wildman–Crippen MR) is 84.9 cm³/mol. The van der Waals surface area contributed by atoms with Crippen molar-refractivity contribution in [3.8, 4) is 0 Å². The Morgan fingerprint density at radius 1 is 1.30 bits per heavy atom. The lowest BCUT2D eigenvalue weighted by atomic mass is 10.3. The van der Waals surface area contributed by atoms with E-state index < -0.39 is 0 Å². The average Bonchev–Trinajstić information content (AvgIpc) is 2.79.